The monoisotopic (exact) mass is 453 g/mol. The molecule has 0 saturated heterocycles. The Morgan fingerprint density at radius 1 is 0.657 bits per heavy atom. The smallest absolute Gasteiger partial charge is 0.135 e. The molecule has 1 aliphatic carbocycles. The van der Waals surface area contributed by atoms with Crippen LogP contribution in [0.4, 0.5) is 5.69 Å². The van der Waals surface area contributed by atoms with Crippen molar-refractivity contribution in [1.82, 2.24) is 0 Å². The van der Waals surface area contributed by atoms with Gasteiger partial charge in [-0.05, 0) is 87.7 Å². The standard InChI is InChI=1S/C33H27NO/c1-2-22-19-26(16-17-32(22)34)35-33-18-15-25(20-30(33)23-9-4-3-5-10-23)28-13-8-14-29-27-12-7-6-11-24(27)21-31(28)29/h3-20H,2,21,34H2,1H3. The van der Waals surface area contributed by atoms with Gasteiger partial charge in [-0.3, -0.25) is 0 Å². The minimum Gasteiger partial charge on any atom is -0.457 e. The number of hydrogen-bond acceptors (Lipinski definition) is 2. The van der Waals surface area contributed by atoms with E-state index in [4.69, 9.17) is 10.5 Å². The first-order chi connectivity index (χ1) is 17.2. The van der Waals surface area contributed by atoms with Gasteiger partial charge in [0.25, 0.3) is 0 Å². The van der Waals surface area contributed by atoms with Crippen LogP contribution in [0.15, 0.2) is 109 Å². The van der Waals surface area contributed by atoms with Crippen LogP contribution in [-0.4, -0.2) is 0 Å². The number of hydrogen-bond donors (Lipinski definition) is 1. The topological polar surface area (TPSA) is 35.2 Å². The first kappa shape index (κ1) is 21.2. The number of nitrogens with two attached hydrogens (primary N) is 1. The number of anilines is 1. The molecular weight excluding hydrogens is 426 g/mol. The predicted octanol–water partition coefficient (Wildman–Crippen LogP) is 8.53. The molecule has 0 radical (unpaired) electrons. The largest absolute Gasteiger partial charge is 0.457 e. The second-order valence-corrected chi connectivity index (χ2v) is 9.06. The van der Waals surface area contributed by atoms with Crippen molar-refractivity contribution in [2.75, 3.05) is 5.73 Å². The van der Waals surface area contributed by atoms with Gasteiger partial charge in [-0.25, -0.2) is 0 Å². The minimum atomic E-state index is 0.803. The maximum Gasteiger partial charge on any atom is 0.135 e. The van der Waals surface area contributed by atoms with E-state index in [1.807, 2.05) is 24.3 Å². The van der Waals surface area contributed by atoms with Crippen molar-refractivity contribution >= 4 is 5.69 Å². The van der Waals surface area contributed by atoms with Crippen LogP contribution in [0, 0.1) is 0 Å². The summed E-state index contributed by atoms with van der Waals surface area (Å²) in [7, 11) is 0. The van der Waals surface area contributed by atoms with Crippen molar-refractivity contribution < 1.29 is 4.74 Å². The highest BCUT2D eigenvalue weighted by molar-refractivity contribution is 5.87. The van der Waals surface area contributed by atoms with Gasteiger partial charge in [-0.1, -0.05) is 85.8 Å². The zero-order valence-corrected chi connectivity index (χ0v) is 19.8. The number of fused-ring (bicyclic) bond motifs is 3. The maximum atomic E-state index is 6.44. The maximum absolute atomic E-state index is 6.44. The van der Waals surface area contributed by atoms with Gasteiger partial charge >= 0.3 is 0 Å². The van der Waals surface area contributed by atoms with E-state index >= 15 is 0 Å². The molecular formula is C33H27NO. The average Bonchev–Trinajstić information content (AvgIpc) is 3.29. The predicted molar refractivity (Wildman–Crippen MR) is 146 cm³/mol. The van der Waals surface area contributed by atoms with E-state index in [0.29, 0.717) is 0 Å². The van der Waals surface area contributed by atoms with Crippen LogP contribution in [0.2, 0.25) is 0 Å². The number of ether oxygens (including phenoxy) is 1. The summed E-state index contributed by atoms with van der Waals surface area (Å²) in [5.74, 6) is 1.64. The van der Waals surface area contributed by atoms with Crippen molar-refractivity contribution in [3.05, 3.63) is 126 Å². The molecule has 5 aromatic carbocycles. The third-order valence-corrected chi connectivity index (χ3v) is 6.95. The minimum absolute atomic E-state index is 0.803. The highest BCUT2D eigenvalue weighted by Gasteiger charge is 2.21. The zero-order valence-electron chi connectivity index (χ0n) is 19.8. The van der Waals surface area contributed by atoms with Gasteiger partial charge in [0.15, 0.2) is 0 Å². The number of aryl methyl sites for hydroxylation is 1. The lowest BCUT2D eigenvalue weighted by Gasteiger charge is -2.16. The van der Waals surface area contributed by atoms with E-state index in [2.05, 4.69) is 91.9 Å². The van der Waals surface area contributed by atoms with Crippen molar-refractivity contribution in [2.24, 2.45) is 0 Å². The Kier molecular flexibility index (Phi) is 5.35. The van der Waals surface area contributed by atoms with Crippen LogP contribution in [-0.2, 0) is 12.8 Å². The lowest BCUT2D eigenvalue weighted by atomic mass is 9.93. The molecule has 0 saturated carbocycles. The number of nitrogen functional groups attached to an aromatic ring is 1. The van der Waals surface area contributed by atoms with Gasteiger partial charge in [0.05, 0.1) is 0 Å². The summed E-state index contributed by atoms with van der Waals surface area (Å²) in [6, 6.07) is 38.3. The Morgan fingerprint density at radius 2 is 1.43 bits per heavy atom. The van der Waals surface area contributed by atoms with Crippen molar-refractivity contribution in [1.29, 1.82) is 0 Å². The molecule has 2 heteroatoms. The average molecular weight is 454 g/mol. The summed E-state index contributed by atoms with van der Waals surface area (Å²) >= 11 is 0. The third-order valence-electron chi connectivity index (χ3n) is 6.95. The molecule has 0 fully saturated rings. The first-order valence-corrected chi connectivity index (χ1v) is 12.2. The first-order valence-electron chi connectivity index (χ1n) is 12.2. The fourth-order valence-electron chi connectivity index (χ4n) is 5.14. The second-order valence-electron chi connectivity index (χ2n) is 9.06. The van der Waals surface area contributed by atoms with Crippen LogP contribution in [0.25, 0.3) is 33.4 Å². The van der Waals surface area contributed by atoms with Gasteiger partial charge in [0.1, 0.15) is 11.5 Å². The van der Waals surface area contributed by atoms with Crippen LogP contribution in [0.3, 0.4) is 0 Å². The number of benzene rings is 5. The SMILES string of the molecule is CCc1cc(Oc2ccc(-c3cccc4c3Cc3ccccc3-4)cc2-c2ccccc2)ccc1N. The van der Waals surface area contributed by atoms with E-state index < -0.39 is 0 Å². The van der Waals surface area contributed by atoms with Crippen molar-refractivity contribution in [3.8, 4) is 44.9 Å². The van der Waals surface area contributed by atoms with Gasteiger partial charge in [-0.2, -0.15) is 0 Å². The molecule has 2 nitrogen and oxygen atoms in total. The molecule has 0 bridgehead atoms. The summed E-state index contributed by atoms with van der Waals surface area (Å²) in [5, 5.41) is 0. The molecule has 0 atom stereocenters. The molecule has 0 aromatic heterocycles. The number of rotatable bonds is 5. The van der Waals surface area contributed by atoms with E-state index in [0.717, 1.165) is 46.7 Å². The Balaban J connectivity index is 1.46. The summed E-state index contributed by atoms with van der Waals surface area (Å²) in [4.78, 5) is 0. The van der Waals surface area contributed by atoms with Gasteiger partial charge < -0.3 is 10.5 Å². The highest BCUT2D eigenvalue weighted by atomic mass is 16.5. The quantitative estimate of drug-likeness (QED) is 0.265. The lowest BCUT2D eigenvalue weighted by molar-refractivity contribution is 0.484. The molecule has 170 valence electrons. The van der Waals surface area contributed by atoms with E-state index in [1.165, 1.54) is 33.4 Å². The molecule has 0 spiro atoms. The van der Waals surface area contributed by atoms with E-state index in [9.17, 15) is 0 Å². The molecule has 0 heterocycles. The highest BCUT2D eigenvalue weighted by Crippen LogP contribution is 2.43. The molecule has 2 N–H and O–H groups in total. The Bertz CT molecular complexity index is 1530. The van der Waals surface area contributed by atoms with Crippen LogP contribution in [0.1, 0.15) is 23.6 Å². The van der Waals surface area contributed by atoms with Crippen LogP contribution >= 0.6 is 0 Å². The van der Waals surface area contributed by atoms with Gasteiger partial charge in [0.2, 0.25) is 0 Å². The molecule has 0 unspecified atom stereocenters. The molecule has 1 aliphatic rings. The molecule has 0 aliphatic heterocycles. The summed E-state index contributed by atoms with van der Waals surface area (Å²) in [6.45, 7) is 2.11. The lowest BCUT2D eigenvalue weighted by Crippen LogP contribution is -1.95. The van der Waals surface area contributed by atoms with Crippen LogP contribution in [0.5, 0.6) is 11.5 Å². The molecule has 5 aromatic rings. The second kappa shape index (κ2) is 8.81. The molecule has 35 heavy (non-hydrogen) atoms. The summed E-state index contributed by atoms with van der Waals surface area (Å²) in [5.41, 5.74) is 18.2. The Hall–Kier alpha value is -4.30. The zero-order chi connectivity index (χ0) is 23.8. The molecule has 6 rings (SSSR count). The summed E-state index contributed by atoms with van der Waals surface area (Å²) < 4.78 is 6.44. The fraction of sp³-hybridized carbons (Fsp3) is 0.0909. The Labute approximate surface area is 206 Å². The van der Waals surface area contributed by atoms with Crippen LogP contribution < -0.4 is 10.5 Å². The van der Waals surface area contributed by atoms with E-state index in [1.54, 1.807) is 0 Å². The normalized spacial score (nSPS) is 11.7. The van der Waals surface area contributed by atoms with Gasteiger partial charge in [0, 0.05) is 11.3 Å². The Morgan fingerprint density at radius 3 is 2.29 bits per heavy atom. The van der Waals surface area contributed by atoms with Crippen molar-refractivity contribution in [2.45, 2.75) is 19.8 Å². The van der Waals surface area contributed by atoms with Gasteiger partial charge in [-0.15, -0.1) is 0 Å². The van der Waals surface area contributed by atoms with E-state index in [-0.39, 0.29) is 0 Å². The summed E-state index contributed by atoms with van der Waals surface area (Å²) in [6.07, 6.45) is 1.83. The molecule has 0 amide bonds. The van der Waals surface area contributed by atoms with Crippen molar-refractivity contribution in [3.63, 3.8) is 0 Å². The fourth-order valence-corrected chi connectivity index (χ4v) is 5.14. The third kappa shape index (κ3) is 3.87.